The van der Waals surface area contributed by atoms with Crippen molar-refractivity contribution >= 4 is 28.3 Å². The molecule has 0 saturated heterocycles. The number of fused-ring (bicyclic) bond motifs is 1. The molecule has 1 heterocycles. The Morgan fingerprint density at radius 3 is 2.76 bits per heavy atom. The van der Waals surface area contributed by atoms with E-state index in [9.17, 15) is 15.3 Å². The lowest BCUT2D eigenvalue weighted by atomic mass is 9.88. The number of carbonyl (C=O) groups is 1. The molecule has 1 unspecified atom stereocenters. The van der Waals surface area contributed by atoms with Crippen LogP contribution in [0.15, 0.2) is 35.9 Å². The molecular weight excluding hydrogens is 330 g/mol. The Labute approximate surface area is 151 Å². The van der Waals surface area contributed by atoms with Crippen LogP contribution in [0.4, 0.5) is 5.00 Å². The van der Waals surface area contributed by atoms with Gasteiger partial charge in [0.1, 0.15) is 22.7 Å². The number of hydrogen-bond acceptors (Lipinski definition) is 4. The second-order valence-corrected chi connectivity index (χ2v) is 7.31. The summed E-state index contributed by atoms with van der Waals surface area (Å²) in [5.74, 6) is 0.114. The third-order valence-electron chi connectivity index (χ3n) is 4.33. The Hall–Kier alpha value is -2.89. The normalized spacial score (nSPS) is 16.4. The molecule has 1 N–H and O–H groups in total. The molecule has 5 heteroatoms. The van der Waals surface area contributed by atoms with Crippen LogP contribution in [-0.4, -0.2) is 5.91 Å². The molecule has 1 aromatic heterocycles. The predicted molar refractivity (Wildman–Crippen MR) is 98.9 cm³/mol. The third-order valence-corrected chi connectivity index (χ3v) is 5.50. The number of nitriles is 2. The highest BCUT2D eigenvalue weighted by Gasteiger charge is 2.25. The molecule has 0 spiro atoms. The summed E-state index contributed by atoms with van der Waals surface area (Å²) in [5.41, 5.74) is 2.42. The zero-order valence-electron chi connectivity index (χ0n) is 13.9. The molecule has 1 aliphatic carbocycles. The molecule has 0 radical (unpaired) electrons. The van der Waals surface area contributed by atoms with Crippen LogP contribution in [0.3, 0.4) is 0 Å². The maximum Gasteiger partial charge on any atom is 0.266 e. The predicted octanol–water partition coefficient (Wildman–Crippen LogP) is 4.29. The second-order valence-electron chi connectivity index (χ2n) is 6.20. The maximum absolute atomic E-state index is 12.5. The molecule has 3 rings (SSSR count). The minimum atomic E-state index is -0.477. The standard InChI is InChI=1S/C20H17N3OS/c1-13-7-8-16-17(12-22)20(25-18(16)9-13)23-19(24)15(11-21)10-14-5-3-2-4-6-14/h2-6,10,13H,7-9H2,1H3,(H,23,24)/b15-10+. The van der Waals surface area contributed by atoms with Crippen molar-refractivity contribution in [3.05, 3.63) is 57.5 Å². The van der Waals surface area contributed by atoms with Crippen LogP contribution in [-0.2, 0) is 17.6 Å². The molecule has 0 bridgehead atoms. The van der Waals surface area contributed by atoms with Crippen LogP contribution < -0.4 is 5.32 Å². The second kappa shape index (κ2) is 7.34. The maximum atomic E-state index is 12.5. The van der Waals surface area contributed by atoms with E-state index in [1.165, 1.54) is 16.2 Å². The van der Waals surface area contributed by atoms with E-state index in [1.807, 2.05) is 36.4 Å². The molecule has 0 saturated carbocycles. The van der Waals surface area contributed by atoms with Gasteiger partial charge in [-0.3, -0.25) is 4.79 Å². The number of amides is 1. The lowest BCUT2D eigenvalue weighted by Crippen LogP contribution is -2.13. The summed E-state index contributed by atoms with van der Waals surface area (Å²) in [5, 5.41) is 22.1. The zero-order chi connectivity index (χ0) is 17.8. The first-order chi connectivity index (χ1) is 12.1. The first kappa shape index (κ1) is 17.0. The van der Waals surface area contributed by atoms with Crippen LogP contribution in [0.25, 0.3) is 6.08 Å². The molecule has 1 aliphatic rings. The SMILES string of the molecule is CC1CCc2c(sc(NC(=O)/C(C#N)=C/c3ccccc3)c2C#N)C1. The van der Waals surface area contributed by atoms with E-state index in [-0.39, 0.29) is 5.57 Å². The minimum Gasteiger partial charge on any atom is -0.312 e. The van der Waals surface area contributed by atoms with Gasteiger partial charge in [0.05, 0.1) is 5.56 Å². The summed E-state index contributed by atoms with van der Waals surface area (Å²) in [7, 11) is 0. The highest BCUT2D eigenvalue weighted by atomic mass is 32.1. The molecule has 2 aromatic rings. The molecule has 1 amide bonds. The number of benzene rings is 1. The average Bonchev–Trinajstić information content (AvgIpc) is 2.96. The van der Waals surface area contributed by atoms with Gasteiger partial charge in [-0.25, -0.2) is 0 Å². The van der Waals surface area contributed by atoms with Gasteiger partial charge in [-0.05, 0) is 42.4 Å². The van der Waals surface area contributed by atoms with E-state index in [0.29, 0.717) is 16.5 Å². The summed E-state index contributed by atoms with van der Waals surface area (Å²) < 4.78 is 0. The van der Waals surface area contributed by atoms with Crippen LogP contribution >= 0.6 is 11.3 Å². The van der Waals surface area contributed by atoms with E-state index in [0.717, 1.165) is 30.4 Å². The topological polar surface area (TPSA) is 76.7 Å². The quantitative estimate of drug-likeness (QED) is 0.664. The Kier molecular flexibility index (Phi) is 4.97. The molecular formula is C20H17N3OS. The van der Waals surface area contributed by atoms with E-state index < -0.39 is 5.91 Å². The summed E-state index contributed by atoms with van der Waals surface area (Å²) in [4.78, 5) is 13.7. The number of rotatable bonds is 3. The number of carbonyl (C=O) groups excluding carboxylic acids is 1. The number of nitrogens with zero attached hydrogens (tertiary/aromatic N) is 2. The highest BCUT2D eigenvalue weighted by molar-refractivity contribution is 7.16. The van der Waals surface area contributed by atoms with E-state index >= 15 is 0 Å². The molecule has 4 nitrogen and oxygen atoms in total. The number of hydrogen-bond donors (Lipinski definition) is 1. The van der Waals surface area contributed by atoms with Gasteiger partial charge in [0.15, 0.2) is 0 Å². The van der Waals surface area contributed by atoms with E-state index in [1.54, 1.807) is 6.08 Å². The van der Waals surface area contributed by atoms with Gasteiger partial charge in [-0.15, -0.1) is 11.3 Å². The lowest BCUT2D eigenvalue weighted by molar-refractivity contribution is -0.112. The minimum absolute atomic E-state index is 0.0230. The summed E-state index contributed by atoms with van der Waals surface area (Å²) in [6.45, 7) is 2.20. The molecule has 25 heavy (non-hydrogen) atoms. The Morgan fingerprint density at radius 1 is 1.32 bits per heavy atom. The average molecular weight is 347 g/mol. The molecule has 0 aliphatic heterocycles. The van der Waals surface area contributed by atoms with Crippen LogP contribution in [0.5, 0.6) is 0 Å². The van der Waals surface area contributed by atoms with Crippen LogP contribution in [0.1, 0.15) is 34.9 Å². The fourth-order valence-electron chi connectivity index (χ4n) is 2.99. The van der Waals surface area contributed by atoms with Crippen molar-refractivity contribution < 1.29 is 4.79 Å². The first-order valence-electron chi connectivity index (χ1n) is 8.15. The summed E-state index contributed by atoms with van der Waals surface area (Å²) >= 11 is 1.46. The first-order valence-corrected chi connectivity index (χ1v) is 8.97. The smallest absolute Gasteiger partial charge is 0.266 e. The molecule has 1 atom stereocenters. The van der Waals surface area contributed by atoms with Crippen molar-refractivity contribution in [1.82, 2.24) is 0 Å². The van der Waals surface area contributed by atoms with Gasteiger partial charge in [0.25, 0.3) is 5.91 Å². The largest absolute Gasteiger partial charge is 0.312 e. The van der Waals surface area contributed by atoms with E-state index in [4.69, 9.17) is 0 Å². The van der Waals surface area contributed by atoms with Crippen LogP contribution in [0.2, 0.25) is 0 Å². The van der Waals surface area contributed by atoms with Gasteiger partial charge >= 0.3 is 0 Å². The van der Waals surface area contributed by atoms with Crippen molar-refractivity contribution in [3.63, 3.8) is 0 Å². The fraction of sp³-hybridized carbons (Fsp3) is 0.250. The van der Waals surface area contributed by atoms with Gasteiger partial charge in [0, 0.05) is 4.88 Å². The summed E-state index contributed by atoms with van der Waals surface area (Å²) in [6, 6.07) is 13.4. The van der Waals surface area contributed by atoms with Gasteiger partial charge in [-0.2, -0.15) is 10.5 Å². The van der Waals surface area contributed by atoms with Gasteiger partial charge in [-0.1, -0.05) is 37.3 Å². The summed E-state index contributed by atoms with van der Waals surface area (Å²) in [6.07, 6.45) is 4.42. The molecule has 0 fully saturated rings. The van der Waals surface area contributed by atoms with Gasteiger partial charge in [0.2, 0.25) is 0 Å². The molecule has 1 aromatic carbocycles. The lowest BCUT2D eigenvalue weighted by Gasteiger charge is -2.17. The van der Waals surface area contributed by atoms with Crippen molar-refractivity contribution in [2.24, 2.45) is 5.92 Å². The van der Waals surface area contributed by atoms with E-state index in [2.05, 4.69) is 18.3 Å². The highest BCUT2D eigenvalue weighted by Crippen LogP contribution is 2.39. The third kappa shape index (κ3) is 3.63. The number of thiophene rings is 1. The van der Waals surface area contributed by atoms with Crippen LogP contribution in [0, 0.1) is 28.6 Å². The number of nitrogens with one attached hydrogen (secondary N) is 1. The monoisotopic (exact) mass is 347 g/mol. The number of anilines is 1. The molecule has 124 valence electrons. The zero-order valence-corrected chi connectivity index (χ0v) is 14.7. The van der Waals surface area contributed by atoms with Crippen molar-refractivity contribution in [1.29, 1.82) is 10.5 Å². The van der Waals surface area contributed by atoms with Crippen molar-refractivity contribution in [2.75, 3.05) is 5.32 Å². The van der Waals surface area contributed by atoms with Gasteiger partial charge < -0.3 is 5.32 Å². The Balaban J connectivity index is 1.87. The fourth-order valence-corrected chi connectivity index (χ4v) is 4.35. The Bertz CT molecular complexity index is 913. The Morgan fingerprint density at radius 2 is 2.08 bits per heavy atom. The van der Waals surface area contributed by atoms with Crippen molar-refractivity contribution in [3.8, 4) is 12.1 Å². The van der Waals surface area contributed by atoms with Crippen molar-refractivity contribution in [2.45, 2.75) is 26.2 Å².